The minimum atomic E-state index is -1.05. The molecular weight excluding hydrogens is 526 g/mol. The second kappa shape index (κ2) is 11.8. The van der Waals surface area contributed by atoms with Gasteiger partial charge in [-0.1, -0.05) is 23.7 Å². The van der Waals surface area contributed by atoms with Gasteiger partial charge in [0.2, 0.25) is 0 Å². The Morgan fingerprint density at radius 3 is 2.86 bits per heavy atom. The van der Waals surface area contributed by atoms with E-state index in [1.165, 1.54) is 11.3 Å². The summed E-state index contributed by atoms with van der Waals surface area (Å²) in [4.78, 5) is 35.2. The highest BCUT2D eigenvalue weighted by molar-refractivity contribution is 7.27. The van der Waals surface area contributed by atoms with E-state index in [1.54, 1.807) is 19.2 Å². The third kappa shape index (κ3) is 5.94. The number of carboxylic acids is 1. The van der Waals surface area contributed by atoms with Gasteiger partial charge in [-0.05, 0) is 31.1 Å². The summed E-state index contributed by atoms with van der Waals surface area (Å²) in [6.45, 7) is 2.34. The van der Waals surface area contributed by atoms with Crippen LogP contribution in [0.2, 0.25) is 5.02 Å². The largest absolute Gasteiger partial charge is 0.481 e. The lowest BCUT2D eigenvalue weighted by atomic mass is 9.92. The number of likely N-dealkylation sites (tertiary alicyclic amines) is 1. The lowest BCUT2D eigenvalue weighted by Gasteiger charge is -2.45. The first-order chi connectivity index (χ1) is 17.3. The van der Waals surface area contributed by atoms with Gasteiger partial charge in [0.15, 0.2) is 10.8 Å². The number of aliphatic imine (C=N–C) groups is 1. The lowest BCUT2D eigenvalue weighted by molar-refractivity contribution is -0.139. The van der Waals surface area contributed by atoms with Crippen LogP contribution in [-0.4, -0.2) is 64.7 Å². The van der Waals surface area contributed by atoms with Crippen molar-refractivity contribution in [3.63, 3.8) is 0 Å². The molecule has 4 atom stereocenters. The molecule has 1 aromatic carbocycles. The number of carboxylic acid groups (broad SMARTS) is 1. The molecule has 8 nitrogen and oxygen atoms in total. The average molecular weight is 553 g/mol. The lowest BCUT2D eigenvalue weighted by Crippen LogP contribution is -2.59. The summed E-state index contributed by atoms with van der Waals surface area (Å²) in [5.74, 6) is -0.945. The summed E-state index contributed by atoms with van der Waals surface area (Å²) in [6, 6.07) is 4.31. The van der Waals surface area contributed by atoms with Crippen molar-refractivity contribution in [1.82, 2.24) is 15.2 Å². The molecule has 2 aliphatic rings. The van der Waals surface area contributed by atoms with E-state index in [0.29, 0.717) is 45.5 Å². The number of nitrogens with one attached hydrogen (secondary N) is 1. The molecule has 3 unspecified atom stereocenters. The van der Waals surface area contributed by atoms with E-state index in [0.717, 1.165) is 5.30 Å². The van der Waals surface area contributed by atoms with Crippen molar-refractivity contribution in [2.45, 2.75) is 44.4 Å². The van der Waals surface area contributed by atoms with E-state index < -0.39 is 30.2 Å². The molecule has 2 aromatic rings. The van der Waals surface area contributed by atoms with Gasteiger partial charge >= 0.3 is 11.9 Å². The van der Waals surface area contributed by atoms with Crippen LogP contribution in [0.1, 0.15) is 42.8 Å². The minimum absolute atomic E-state index is 0.0147. The molecule has 0 amide bonds. The summed E-state index contributed by atoms with van der Waals surface area (Å²) < 4.78 is 19.9. The molecular formula is C24H27ClFN4O4PS. The van der Waals surface area contributed by atoms with Gasteiger partial charge in [-0.25, -0.2) is 14.2 Å². The Bertz CT molecular complexity index is 1190. The van der Waals surface area contributed by atoms with Gasteiger partial charge in [-0.3, -0.25) is 14.7 Å². The Kier molecular flexibility index (Phi) is 8.72. The molecule has 0 spiro atoms. The number of thiazole rings is 1. The molecule has 1 saturated heterocycles. The number of ether oxygens (including phenoxy) is 1. The minimum Gasteiger partial charge on any atom is -0.481 e. The maximum absolute atomic E-state index is 14.5. The molecule has 0 bridgehead atoms. The number of carbonyl (C=O) groups is 2. The predicted octanol–water partition coefficient (Wildman–Crippen LogP) is 3.48. The third-order valence-corrected chi connectivity index (χ3v) is 7.59. The number of nitrogens with zero attached hydrogens (tertiary/aromatic N) is 3. The SMILES string of the molecule is CCOC(=O)C1=C(CN2CC(F)C2CCCC(=O)O)NC(c2nccs2)=N[C@H]1c1ccc(P)cc1Cl. The molecule has 1 aromatic heterocycles. The number of halogens is 2. The molecule has 0 aliphatic carbocycles. The van der Waals surface area contributed by atoms with E-state index in [2.05, 4.69) is 19.5 Å². The summed E-state index contributed by atoms with van der Waals surface area (Å²) in [5, 5.41) is 16.0. The quantitative estimate of drug-likeness (QED) is 0.343. The highest BCUT2D eigenvalue weighted by atomic mass is 35.5. The zero-order chi connectivity index (χ0) is 25.8. The van der Waals surface area contributed by atoms with Crippen molar-refractivity contribution in [3.05, 3.63) is 56.6 Å². The molecule has 2 aliphatic heterocycles. The molecule has 12 heteroatoms. The fourth-order valence-electron chi connectivity index (χ4n) is 4.39. The Hall–Kier alpha value is -2.39. The van der Waals surface area contributed by atoms with Crippen LogP contribution in [0, 0.1) is 0 Å². The molecule has 0 radical (unpaired) electrons. The third-order valence-electron chi connectivity index (χ3n) is 6.12. The number of aromatic nitrogens is 1. The molecule has 192 valence electrons. The Labute approximate surface area is 219 Å². The zero-order valence-corrected chi connectivity index (χ0v) is 22.3. The van der Waals surface area contributed by atoms with E-state index in [4.69, 9.17) is 26.4 Å². The molecule has 3 heterocycles. The number of rotatable bonds is 10. The van der Waals surface area contributed by atoms with Crippen LogP contribution in [0.15, 0.2) is 46.0 Å². The maximum atomic E-state index is 14.5. The van der Waals surface area contributed by atoms with E-state index in [-0.39, 0.29) is 26.1 Å². The molecule has 36 heavy (non-hydrogen) atoms. The van der Waals surface area contributed by atoms with Crippen LogP contribution >= 0.6 is 32.2 Å². The topological polar surface area (TPSA) is 104 Å². The van der Waals surface area contributed by atoms with Crippen LogP contribution in [0.3, 0.4) is 0 Å². The summed E-state index contributed by atoms with van der Waals surface area (Å²) in [7, 11) is 2.59. The van der Waals surface area contributed by atoms with Crippen LogP contribution < -0.4 is 10.6 Å². The van der Waals surface area contributed by atoms with Crippen molar-refractivity contribution in [2.75, 3.05) is 19.7 Å². The van der Waals surface area contributed by atoms with Crippen molar-refractivity contribution in [1.29, 1.82) is 0 Å². The van der Waals surface area contributed by atoms with Crippen LogP contribution in [0.4, 0.5) is 4.39 Å². The number of amidine groups is 1. The van der Waals surface area contributed by atoms with Crippen LogP contribution in [0.25, 0.3) is 0 Å². The van der Waals surface area contributed by atoms with Gasteiger partial charge in [0.25, 0.3) is 0 Å². The van der Waals surface area contributed by atoms with Crippen LogP contribution in [-0.2, 0) is 14.3 Å². The smallest absolute Gasteiger partial charge is 0.338 e. The number of benzene rings is 1. The highest BCUT2D eigenvalue weighted by Gasteiger charge is 2.41. The first kappa shape index (κ1) is 26.7. The van der Waals surface area contributed by atoms with Crippen LogP contribution in [0.5, 0.6) is 0 Å². The second-order valence-corrected chi connectivity index (χ2v) is 10.5. The number of aliphatic carboxylic acids is 1. The standard InChI is InChI=1S/C24H27ClFN4O4PS/c1-2-34-24(33)20-17(12-30-11-16(26)18(30)4-3-5-19(31)32)28-22(23-27-8-9-36-23)29-21(20)14-7-6-13(35)10-15(14)25/h6-10,16,18,21H,2-5,11-12,35H2,1H3,(H,28,29)(H,31,32)/t16?,18?,21-/m0/s1. The zero-order valence-electron chi connectivity index (χ0n) is 19.6. The van der Waals surface area contributed by atoms with Gasteiger partial charge in [0.1, 0.15) is 12.2 Å². The number of carbonyl (C=O) groups excluding carboxylic acids is 1. The number of alkyl halides is 1. The monoisotopic (exact) mass is 552 g/mol. The molecule has 2 N–H and O–H groups in total. The van der Waals surface area contributed by atoms with Gasteiger partial charge < -0.3 is 15.2 Å². The first-order valence-corrected chi connectivity index (χ1v) is 13.4. The number of esters is 1. The van der Waals surface area contributed by atoms with Gasteiger partial charge in [-0.2, -0.15) is 0 Å². The molecule has 0 saturated carbocycles. The highest BCUT2D eigenvalue weighted by Crippen LogP contribution is 2.37. The fraction of sp³-hybridized carbons (Fsp3) is 0.417. The first-order valence-electron chi connectivity index (χ1n) is 11.6. The van der Waals surface area contributed by atoms with Crippen molar-refractivity contribution in [2.24, 2.45) is 4.99 Å². The maximum Gasteiger partial charge on any atom is 0.338 e. The predicted molar refractivity (Wildman–Crippen MR) is 141 cm³/mol. The van der Waals surface area contributed by atoms with E-state index in [9.17, 15) is 14.0 Å². The van der Waals surface area contributed by atoms with Gasteiger partial charge in [0, 0.05) is 53.4 Å². The Morgan fingerprint density at radius 2 is 2.22 bits per heavy atom. The van der Waals surface area contributed by atoms with Crippen molar-refractivity contribution in [3.8, 4) is 0 Å². The van der Waals surface area contributed by atoms with Crippen molar-refractivity contribution >= 4 is 55.3 Å². The molecule has 1 fully saturated rings. The Morgan fingerprint density at radius 1 is 1.42 bits per heavy atom. The van der Waals surface area contributed by atoms with Gasteiger partial charge in [-0.15, -0.1) is 20.6 Å². The summed E-state index contributed by atoms with van der Waals surface area (Å²) in [5.41, 5.74) is 1.49. The second-order valence-electron chi connectivity index (χ2n) is 8.53. The van der Waals surface area contributed by atoms with Gasteiger partial charge in [0.05, 0.1) is 12.2 Å². The average Bonchev–Trinajstić information content (AvgIpc) is 3.36. The summed E-state index contributed by atoms with van der Waals surface area (Å²) >= 11 is 8.00. The number of hydrogen-bond acceptors (Lipinski definition) is 8. The van der Waals surface area contributed by atoms with Crippen molar-refractivity contribution < 1.29 is 23.8 Å². The van der Waals surface area contributed by atoms with E-state index in [1.807, 2.05) is 22.4 Å². The Balaban J connectivity index is 1.72. The molecule has 4 rings (SSSR count). The normalized spacial score (nSPS) is 22.0. The summed E-state index contributed by atoms with van der Waals surface area (Å²) in [6.07, 6.45) is 1.38. The van der Waals surface area contributed by atoms with E-state index >= 15 is 0 Å². The number of hydrogen-bond donors (Lipinski definition) is 2. The fourth-order valence-corrected chi connectivity index (χ4v) is 5.64.